The lowest BCUT2D eigenvalue weighted by atomic mass is 9.96. The van der Waals surface area contributed by atoms with E-state index in [9.17, 15) is 4.79 Å². The van der Waals surface area contributed by atoms with Gasteiger partial charge in [-0.25, -0.2) is 0 Å². The number of benzene rings is 2. The van der Waals surface area contributed by atoms with Gasteiger partial charge in [0, 0.05) is 31.8 Å². The van der Waals surface area contributed by atoms with Gasteiger partial charge in [0.15, 0.2) is 24.6 Å². The molecule has 0 aliphatic carbocycles. The molecule has 0 unspecified atom stereocenters. The summed E-state index contributed by atoms with van der Waals surface area (Å²) >= 11 is 0. The van der Waals surface area contributed by atoms with Crippen molar-refractivity contribution < 1.29 is 23.7 Å². The lowest BCUT2D eigenvalue weighted by Gasteiger charge is -2.17. The number of fused-ring (bicyclic) bond motifs is 1. The number of carbonyl (C=O) groups is 1. The Morgan fingerprint density at radius 2 is 1.96 bits per heavy atom. The molecule has 5 heteroatoms. The third-order valence-corrected chi connectivity index (χ3v) is 3.66. The number of carbonyl (C=O) groups excluding carboxylic acids is 1. The Morgan fingerprint density at radius 3 is 2.61 bits per heavy atom. The molecular formula is C18H22O5. The number of methoxy groups -OCH3 is 3. The molecular weight excluding hydrogens is 296 g/mol. The highest BCUT2D eigenvalue weighted by Gasteiger charge is 2.17. The van der Waals surface area contributed by atoms with Crippen LogP contribution in [0, 0.1) is 0 Å². The van der Waals surface area contributed by atoms with Crippen LogP contribution in [-0.2, 0) is 15.9 Å². The van der Waals surface area contributed by atoms with E-state index in [1.165, 1.54) is 0 Å². The molecule has 0 amide bonds. The number of aldehydes is 1. The molecule has 0 N–H and O–H groups in total. The molecule has 0 radical (unpaired) electrons. The van der Waals surface area contributed by atoms with Gasteiger partial charge in [-0.2, -0.15) is 0 Å². The van der Waals surface area contributed by atoms with Crippen LogP contribution < -0.4 is 9.47 Å². The summed E-state index contributed by atoms with van der Waals surface area (Å²) in [6, 6.07) is 7.59. The van der Waals surface area contributed by atoms with Gasteiger partial charge in [0.1, 0.15) is 0 Å². The molecule has 0 bridgehead atoms. The van der Waals surface area contributed by atoms with Gasteiger partial charge in [-0.05, 0) is 29.9 Å². The van der Waals surface area contributed by atoms with Gasteiger partial charge in [0.25, 0.3) is 0 Å². The van der Waals surface area contributed by atoms with Crippen molar-refractivity contribution >= 4 is 17.1 Å². The van der Waals surface area contributed by atoms with Gasteiger partial charge in [-0.1, -0.05) is 18.2 Å². The zero-order chi connectivity index (χ0) is 16.7. The molecule has 5 nitrogen and oxygen atoms in total. The molecule has 23 heavy (non-hydrogen) atoms. The maximum absolute atomic E-state index is 11.4. The molecule has 2 rings (SSSR count). The molecule has 0 aliphatic rings. The summed E-state index contributed by atoms with van der Waals surface area (Å²) in [6.07, 6.45) is 2.54. The van der Waals surface area contributed by atoms with Crippen molar-refractivity contribution in [2.45, 2.75) is 12.8 Å². The molecule has 0 spiro atoms. The molecule has 0 saturated carbocycles. The van der Waals surface area contributed by atoms with Crippen LogP contribution in [0.25, 0.3) is 10.8 Å². The van der Waals surface area contributed by atoms with Crippen LogP contribution >= 0.6 is 0 Å². The fourth-order valence-corrected chi connectivity index (χ4v) is 2.64. The minimum absolute atomic E-state index is 0.109. The molecule has 124 valence electrons. The predicted octanol–water partition coefficient (Wildman–Crippen LogP) is 3.22. The highest BCUT2D eigenvalue weighted by atomic mass is 16.7. The van der Waals surface area contributed by atoms with Gasteiger partial charge in [-0.15, -0.1) is 0 Å². The fourth-order valence-electron chi connectivity index (χ4n) is 2.64. The summed E-state index contributed by atoms with van der Waals surface area (Å²) in [5.74, 6) is 1.12. The van der Waals surface area contributed by atoms with Crippen LogP contribution in [-0.4, -0.2) is 41.0 Å². The normalized spacial score (nSPS) is 10.7. The largest absolute Gasteiger partial charge is 0.493 e. The SMILES string of the molecule is COCCCc1cccc2c(C=O)cc(OC)c(OCOC)c12. The van der Waals surface area contributed by atoms with Gasteiger partial charge in [-0.3, -0.25) is 4.79 Å². The third kappa shape index (κ3) is 3.81. The number of rotatable bonds is 9. The Labute approximate surface area is 136 Å². The van der Waals surface area contributed by atoms with Crippen LogP contribution in [0.4, 0.5) is 0 Å². The second kappa shape index (κ2) is 8.50. The first-order valence-electron chi connectivity index (χ1n) is 7.45. The lowest BCUT2D eigenvalue weighted by Crippen LogP contribution is -2.04. The van der Waals surface area contributed by atoms with Crippen LogP contribution in [0.3, 0.4) is 0 Å². The Bertz CT molecular complexity index is 666. The first kappa shape index (κ1) is 17.2. The minimum atomic E-state index is 0.109. The van der Waals surface area contributed by atoms with Crippen molar-refractivity contribution in [2.75, 3.05) is 34.7 Å². The fraction of sp³-hybridized carbons (Fsp3) is 0.389. The van der Waals surface area contributed by atoms with E-state index in [2.05, 4.69) is 0 Å². The second-order valence-electron chi connectivity index (χ2n) is 5.10. The van der Waals surface area contributed by atoms with Crippen LogP contribution in [0.5, 0.6) is 11.5 Å². The number of hydrogen-bond donors (Lipinski definition) is 0. The summed E-state index contributed by atoms with van der Waals surface area (Å²) in [5.41, 5.74) is 1.67. The zero-order valence-electron chi connectivity index (χ0n) is 13.8. The second-order valence-corrected chi connectivity index (χ2v) is 5.10. The lowest BCUT2D eigenvalue weighted by molar-refractivity contribution is 0.0503. The van der Waals surface area contributed by atoms with Crippen molar-refractivity contribution in [1.82, 2.24) is 0 Å². The van der Waals surface area contributed by atoms with Gasteiger partial charge < -0.3 is 18.9 Å². The van der Waals surface area contributed by atoms with Crippen molar-refractivity contribution in [3.05, 3.63) is 35.4 Å². The summed E-state index contributed by atoms with van der Waals surface area (Å²) in [4.78, 5) is 11.4. The summed E-state index contributed by atoms with van der Waals surface area (Å²) < 4.78 is 21.3. The van der Waals surface area contributed by atoms with Gasteiger partial charge >= 0.3 is 0 Å². The quantitative estimate of drug-likeness (QED) is 0.404. The third-order valence-electron chi connectivity index (χ3n) is 3.66. The molecule has 0 saturated heterocycles. The van der Waals surface area contributed by atoms with E-state index in [0.717, 1.165) is 35.5 Å². The van der Waals surface area contributed by atoms with Crippen molar-refractivity contribution in [1.29, 1.82) is 0 Å². The highest BCUT2D eigenvalue weighted by molar-refractivity contribution is 6.04. The van der Waals surface area contributed by atoms with Crippen molar-refractivity contribution in [3.63, 3.8) is 0 Å². The number of hydrogen-bond acceptors (Lipinski definition) is 5. The molecule has 2 aromatic carbocycles. The first-order chi connectivity index (χ1) is 11.3. The monoisotopic (exact) mass is 318 g/mol. The van der Waals surface area contributed by atoms with Gasteiger partial charge in [0.2, 0.25) is 0 Å². The van der Waals surface area contributed by atoms with E-state index in [4.69, 9.17) is 18.9 Å². The molecule has 0 atom stereocenters. The van der Waals surface area contributed by atoms with Gasteiger partial charge in [0.05, 0.1) is 7.11 Å². The van der Waals surface area contributed by atoms with E-state index < -0.39 is 0 Å². The molecule has 0 fully saturated rings. The van der Waals surface area contributed by atoms with E-state index in [1.54, 1.807) is 27.4 Å². The average molecular weight is 318 g/mol. The van der Waals surface area contributed by atoms with Crippen LogP contribution in [0.2, 0.25) is 0 Å². The topological polar surface area (TPSA) is 54.0 Å². The average Bonchev–Trinajstić information content (AvgIpc) is 2.59. The Hall–Kier alpha value is -2.11. The van der Waals surface area contributed by atoms with Crippen molar-refractivity contribution in [2.24, 2.45) is 0 Å². The maximum atomic E-state index is 11.4. The summed E-state index contributed by atoms with van der Waals surface area (Å²) in [5, 5.41) is 1.74. The standard InChI is InChI=1S/C18H22O5/c1-20-9-5-7-13-6-4-8-15-14(11-19)10-16(22-3)18(17(13)15)23-12-21-2/h4,6,8,10-11H,5,7,9,12H2,1-3H3. The summed E-state index contributed by atoms with van der Waals surface area (Å²) in [7, 11) is 4.81. The predicted molar refractivity (Wildman–Crippen MR) is 88.6 cm³/mol. The maximum Gasteiger partial charge on any atom is 0.188 e. The summed E-state index contributed by atoms with van der Waals surface area (Å²) in [6.45, 7) is 0.785. The van der Waals surface area contributed by atoms with Crippen molar-refractivity contribution in [3.8, 4) is 11.5 Å². The zero-order valence-corrected chi connectivity index (χ0v) is 13.8. The van der Waals surface area contributed by atoms with E-state index in [0.29, 0.717) is 23.7 Å². The van der Waals surface area contributed by atoms with Crippen LogP contribution in [0.1, 0.15) is 22.3 Å². The van der Waals surface area contributed by atoms with E-state index >= 15 is 0 Å². The van der Waals surface area contributed by atoms with E-state index in [-0.39, 0.29) is 6.79 Å². The minimum Gasteiger partial charge on any atom is -0.493 e. The molecule has 2 aromatic rings. The molecule has 0 heterocycles. The smallest absolute Gasteiger partial charge is 0.188 e. The number of aryl methyl sites for hydroxylation is 1. The highest BCUT2D eigenvalue weighted by Crippen LogP contribution is 2.40. The Morgan fingerprint density at radius 1 is 1.13 bits per heavy atom. The first-order valence-corrected chi connectivity index (χ1v) is 7.45. The number of ether oxygens (including phenoxy) is 4. The molecule has 0 aromatic heterocycles. The Kier molecular flexibility index (Phi) is 6.38. The van der Waals surface area contributed by atoms with E-state index in [1.807, 2.05) is 18.2 Å². The Balaban J connectivity index is 2.63. The molecule has 0 aliphatic heterocycles. The van der Waals surface area contributed by atoms with Crippen LogP contribution in [0.15, 0.2) is 24.3 Å².